The van der Waals surface area contributed by atoms with Gasteiger partial charge in [0, 0.05) is 19.0 Å². The molecule has 0 bridgehead atoms. The fourth-order valence-corrected chi connectivity index (χ4v) is 3.75. The molecule has 2 aliphatic rings. The summed E-state index contributed by atoms with van der Waals surface area (Å²) in [5.74, 6) is -0.0242. The third-order valence-corrected chi connectivity index (χ3v) is 5.17. The Hall–Kier alpha value is -1.84. The quantitative estimate of drug-likeness (QED) is 0.909. The maximum Gasteiger partial charge on any atom is 0.335 e. The van der Waals surface area contributed by atoms with E-state index in [1.807, 2.05) is 12.1 Å². The number of likely N-dealkylation sites (tertiary alicyclic amines) is 1. The van der Waals surface area contributed by atoms with E-state index in [1.54, 1.807) is 12.1 Å². The predicted octanol–water partition coefficient (Wildman–Crippen LogP) is 3.11. The molecular weight excluding hydrogens is 278 g/mol. The zero-order valence-electron chi connectivity index (χ0n) is 12.8. The van der Waals surface area contributed by atoms with Crippen molar-refractivity contribution in [2.24, 2.45) is 5.92 Å². The van der Waals surface area contributed by atoms with Crippen LogP contribution >= 0.6 is 0 Å². The minimum absolute atomic E-state index is 0.189. The first-order valence-electron chi connectivity index (χ1n) is 8.27. The van der Waals surface area contributed by atoms with Crippen molar-refractivity contribution in [3.8, 4) is 0 Å². The molecule has 22 heavy (non-hydrogen) atoms. The van der Waals surface area contributed by atoms with Gasteiger partial charge < -0.3 is 10.0 Å². The molecule has 0 spiro atoms. The molecule has 1 atom stereocenters. The van der Waals surface area contributed by atoms with Crippen molar-refractivity contribution in [3.05, 3.63) is 35.4 Å². The molecule has 1 saturated heterocycles. The van der Waals surface area contributed by atoms with Crippen LogP contribution in [0.5, 0.6) is 0 Å². The summed E-state index contributed by atoms with van der Waals surface area (Å²) in [4.78, 5) is 25.8. The second-order valence-corrected chi connectivity index (χ2v) is 6.45. The topological polar surface area (TPSA) is 57.6 Å². The third-order valence-electron chi connectivity index (χ3n) is 5.17. The van der Waals surface area contributed by atoms with Gasteiger partial charge in [-0.15, -0.1) is 0 Å². The number of carboxylic acids is 1. The van der Waals surface area contributed by atoms with Gasteiger partial charge >= 0.3 is 5.97 Å². The molecule has 4 nitrogen and oxygen atoms in total. The van der Waals surface area contributed by atoms with E-state index >= 15 is 0 Å². The first-order valence-corrected chi connectivity index (χ1v) is 8.27. The molecule has 2 fully saturated rings. The van der Waals surface area contributed by atoms with E-state index in [4.69, 9.17) is 0 Å². The summed E-state index contributed by atoms with van der Waals surface area (Å²) in [6.07, 6.45) is 6.99. The number of aryl methyl sites for hydroxylation is 1. The van der Waals surface area contributed by atoms with Crippen molar-refractivity contribution < 1.29 is 14.7 Å². The number of rotatable bonds is 5. The summed E-state index contributed by atoms with van der Waals surface area (Å²) < 4.78 is 0. The van der Waals surface area contributed by atoms with Crippen molar-refractivity contribution in [2.45, 2.75) is 51.0 Å². The average molecular weight is 301 g/mol. The number of benzene rings is 1. The molecule has 4 heteroatoms. The lowest BCUT2D eigenvalue weighted by Gasteiger charge is -2.37. The summed E-state index contributed by atoms with van der Waals surface area (Å²) in [5.41, 5.74) is 1.06. The predicted molar refractivity (Wildman–Crippen MR) is 83.8 cm³/mol. The molecule has 0 aromatic heterocycles. The SMILES string of the molecule is O=C(O)c1ccccc1CCC(=O)N1CCCC1C1CCC1. The molecule has 0 radical (unpaired) electrons. The van der Waals surface area contributed by atoms with E-state index in [1.165, 1.54) is 19.3 Å². The molecule has 1 aliphatic carbocycles. The molecule has 1 N–H and O–H groups in total. The summed E-state index contributed by atoms with van der Waals surface area (Å²) in [5, 5.41) is 9.20. The van der Waals surface area contributed by atoms with Crippen LogP contribution in [0.25, 0.3) is 0 Å². The Morgan fingerprint density at radius 2 is 1.91 bits per heavy atom. The van der Waals surface area contributed by atoms with Gasteiger partial charge in [-0.3, -0.25) is 4.79 Å². The lowest BCUT2D eigenvalue weighted by Crippen LogP contribution is -2.42. The second kappa shape index (κ2) is 6.51. The molecule has 118 valence electrons. The molecule has 1 unspecified atom stereocenters. The van der Waals surface area contributed by atoms with E-state index in [-0.39, 0.29) is 5.91 Å². The van der Waals surface area contributed by atoms with E-state index in [9.17, 15) is 14.7 Å². The maximum atomic E-state index is 12.5. The standard InChI is InChI=1S/C18H23NO3/c20-17(19-12-4-9-16(19)14-6-3-7-14)11-10-13-5-1-2-8-15(13)18(21)22/h1-2,5,8,14,16H,3-4,6-7,9-12H2,(H,21,22). The van der Waals surface area contributed by atoms with Gasteiger partial charge in [0.15, 0.2) is 0 Å². The van der Waals surface area contributed by atoms with E-state index < -0.39 is 5.97 Å². The fraction of sp³-hybridized carbons (Fsp3) is 0.556. The van der Waals surface area contributed by atoms with Crippen LogP contribution in [0.3, 0.4) is 0 Å². The van der Waals surface area contributed by atoms with Crippen LogP contribution in [0, 0.1) is 5.92 Å². The smallest absolute Gasteiger partial charge is 0.335 e. The minimum Gasteiger partial charge on any atom is -0.478 e. The Morgan fingerprint density at radius 3 is 2.59 bits per heavy atom. The molecule has 1 aromatic carbocycles. The monoisotopic (exact) mass is 301 g/mol. The van der Waals surface area contributed by atoms with Crippen LogP contribution in [0.2, 0.25) is 0 Å². The molecule has 1 aliphatic heterocycles. The average Bonchev–Trinajstić information content (AvgIpc) is 2.92. The highest BCUT2D eigenvalue weighted by Crippen LogP contribution is 2.37. The maximum absolute atomic E-state index is 12.5. The third kappa shape index (κ3) is 3.01. The van der Waals surface area contributed by atoms with E-state index in [0.717, 1.165) is 24.9 Å². The fourth-order valence-electron chi connectivity index (χ4n) is 3.75. The molecule has 1 heterocycles. The van der Waals surface area contributed by atoms with Crippen LogP contribution in [0.15, 0.2) is 24.3 Å². The Labute approximate surface area is 131 Å². The lowest BCUT2D eigenvalue weighted by molar-refractivity contribution is -0.133. The molecule has 3 rings (SSSR count). The minimum atomic E-state index is -0.920. The normalized spacial score (nSPS) is 21.6. The molecular formula is C18H23NO3. The van der Waals surface area contributed by atoms with Crippen molar-refractivity contribution in [1.82, 2.24) is 4.90 Å². The van der Waals surface area contributed by atoms with Crippen LogP contribution < -0.4 is 0 Å². The Bertz CT molecular complexity index is 565. The van der Waals surface area contributed by atoms with Crippen LogP contribution in [0.1, 0.15) is 54.4 Å². The number of carboxylic acid groups (broad SMARTS) is 1. The van der Waals surface area contributed by atoms with Gasteiger partial charge in [0.25, 0.3) is 0 Å². The van der Waals surface area contributed by atoms with Crippen molar-refractivity contribution >= 4 is 11.9 Å². The van der Waals surface area contributed by atoms with Gasteiger partial charge in [-0.1, -0.05) is 24.6 Å². The lowest BCUT2D eigenvalue weighted by atomic mass is 9.78. The summed E-state index contributed by atoms with van der Waals surface area (Å²) in [7, 11) is 0. The molecule has 1 aromatic rings. The van der Waals surface area contributed by atoms with Gasteiger partial charge in [0.2, 0.25) is 5.91 Å². The number of carbonyl (C=O) groups excluding carboxylic acids is 1. The second-order valence-electron chi connectivity index (χ2n) is 6.45. The Kier molecular flexibility index (Phi) is 4.46. The highest BCUT2D eigenvalue weighted by molar-refractivity contribution is 5.89. The van der Waals surface area contributed by atoms with Gasteiger partial charge in [0.1, 0.15) is 0 Å². The molecule has 1 saturated carbocycles. The molecule has 1 amide bonds. The van der Waals surface area contributed by atoms with Crippen LogP contribution in [-0.2, 0) is 11.2 Å². The number of aromatic carboxylic acids is 1. The first kappa shape index (κ1) is 15.1. The highest BCUT2D eigenvalue weighted by Gasteiger charge is 2.36. The largest absolute Gasteiger partial charge is 0.478 e. The number of hydrogen-bond donors (Lipinski definition) is 1. The Morgan fingerprint density at radius 1 is 1.14 bits per heavy atom. The van der Waals surface area contributed by atoms with E-state index in [2.05, 4.69) is 4.90 Å². The first-order chi connectivity index (χ1) is 10.7. The number of amides is 1. The summed E-state index contributed by atoms with van der Waals surface area (Å²) in [6, 6.07) is 7.41. The van der Waals surface area contributed by atoms with Gasteiger partial charge in [-0.25, -0.2) is 4.79 Å². The summed E-state index contributed by atoms with van der Waals surface area (Å²) in [6.45, 7) is 0.876. The Balaban J connectivity index is 1.61. The highest BCUT2D eigenvalue weighted by atomic mass is 16.4. The van der Waals surface area contributed by atoms with E-state index in [0.29, 0.717) is 30.4 Å². The van der Waals surface area contributed by atoms with Gasteiger partial charge in [-0.2, -0.15) is 0 Å². The number of hydrogen-bond acceptors (Lipinski definition) is 2. The number of nitrogens with zero attached hydrogens (tertiary/aromatic N) is 1. The van der Waals surface area contributed by atoms with Gasteiger partial charge in [-0.05, 0) is 49.7 Å². The number of carbonyl (C=O) groups is 2. The van der Waals surface area contributed by atoms with Gasteiger partial charge in [0.05, 0.1) is 5.56 Å². The van der Waals surface area contributed by atoms with Crippen molar-refractivity contribution in [3.63, 3.8) is 0 Å². The van der Waals surface area contributed by atoms with Crippen molar-refractivity contribution in [1.29, 1.82) is 0 Å². The zero-order valence-corrected chi connectivity index (χ0v) is 12.8. The zero-order chi connectivity index (χ0) is 15.5. The van der Waals surface area contributed by atoms with Crippen LogP contribution in [-0.4, -0.2) is 34.5 Å². The van der Waals surface area contributed by atoms with Crippen molar-refractivity contribution in [2.75, 3.05) is 6.54 Å². The summed E-state index contributed by atoms with van der Waals surface area (Å²) >= 11 is 0. The van der Waals surface area contributed by atoms with Crippen LogP contribution in [0.4, 0.5) is 0 Å².